The SMILES string of the molecule is COCCCOc1cc(C[C@@H](C[C@H](NC(=O)OC(C)(C)C)[C@@H](O)C[C@H](C(=O)NC(C)CC(=O)N(C)C)C(C)C)C(C)C)ccc1OC. The van der Waals surface area contributed by atoms with E-state index in [4.69, 9.17) is 18.9 Å². The van der Waals surface area contributed by atoms with Crippen LogP contribution in [0.5, 0.6) is 11.5 Å². The lowest BCUT2D eigenvalue weighted by atomic mass is 9.80. The number of rotatable bonds is 20. The Kier molecular flexibility index (Phi) is 18.2. The van der Waals surface area contributed by atoms with Gasteiger partial charge in [-0.3, -0.25) is 9.59 Å². The van der Waals surface area contributed by atoms with Gasteiger partial charge in [-0.1, -0.05) is 33.8 Å². The Morgan fingerprint density at radius 3 is 2.11 bits per heavy atom. The fourth-order valence-electron chi connectivity index (χ4n) is 5.29. The molecule has 11 heteroatoms. The van der Waals surface area contributed by atoms with E-state index in [1.165, 1.54) is 4.90 Å². The summed E-state index contributed by atoms with van der Waals surface area (Å²) in [6.07, 6.45) is 0.519. The number of nitrogens with zero attached hydrogens (tertiary/aromatic N) is 1. The lowest BCUT2D eigenvalue weighted by Crippen LogP contribution is -2.49. The fraction of sp³-hybridized carbons (Fsp3) is 0.750. The molecule has 0 saturated carbocycles. The van der Waals surface area contributed by atoms with Crippen LogP contribution in [0.25, 0.3) is 0 Å². The third-order valence-electron chi connectivity index (χ3n) is 8.15. The smallest absolute Gasteiger partial charge is 0.407 e. The van der Waals surface area contributed by atoms with Crippen LogP contribution in [0.3, 0.4) is 0 Å². The van der Waals surface area contributed by atoms with Crippen LogP contribution in [-0.4, -0.2) is 93.2 Å². The van der Waals surface area contributed by atoms with Gasteiger partial charge in [0.25, 0.3) is 0 Å². The molecule has 1 aromatic carbocycles. The number of aliphatic hydroxyl groups excluding tert-OH is 1. The minimum absolute atomic E-state index is 0.0581. The molecule has 5 atom stereocenters. The molecule has 1 rings (SSSR count). The number of benzene rings is 1. The van der Waals surface area contributed by atoms with Crippen molar-refractivity contribution in [2.24, 2.45) is 23.7 Å². The number of alkyl carbamates (subject to hydrolysis) is 1. The minimum atomic E-state index is -1.03. The largest absolute Gasteiger partial charge is 0.493 e. The number of hydrogen-bond acceptors (Lipinski definition) is 8. The predicted molar refractivity (Wildman–Crippen MR) is 185 cm³/mol. The molecule has 0 bridgehead atoms. The lowest BCUT2D eigenvalue weighted by molar-refractivity contribution is -0.130. The molecule has 0 aromatic heterocycles. The normalized spacial score (nSPS) is 15.0. The number of amides is 3. The first-order chi connectivity index (χ1) is 21.9. The van der Waals surface area contributed by atoms with E-state index in [1.807, 2.05) is 32.0 Å². The Bertz CT molecular complexity index is 1100. The van der Waals surface area contributed by atoms with Crippen molar-refractivity contribution in [1.29, 1.82) is 0 Å². The summed E-state index contributed by atoms with van der Waals surface area (Å²) in [5.41, 5.74) is 0.317. The minimum Gasteiger partial charge on any atom is -0.493 e. The molecule has 0 spiro atoms. The lowest BCUT2D eigenvalue weighted by Gasteiger charge is -2.33. The molecule has 11 nitrogen and oxygen atoms in total. The predicted octanol–water partition coefficient (Wildman–Crippen LogP) is 5.21. The monoisotopic (exact) mass is 665 g/mol. The highest BCUT2D eigenvalue weighted by Crippen LogP contribution is 2.32. The summed E-state index contributed by atoms with van der Waals surface area (Å²) in [4.78, 5) is 40.1. The average molecular weight is 666 g/mol. The van der Waals surface area contributed by atoms with E-state index in [0.717, 1.165) is 12.0 Å². The van der Waals surface area contributed by atoms with Crippen LogP contribution in [0.15, 0.2) is 18.2 Å². The molecule has 0 radical (unpaired) electrons. The van der Waals surface area contributed by atoms with Crippen LogP contribution in [0, 0.1) is 23.7 Å². The Morgan fingerprint density at radius 2 is 1.57 bits per heavy atom. The molecule has 47 heavy (non-hydrogen) atoms. The molecule has 1 unspecified atom stereocenters. The van der Waals surface area contributed by atoms with E-state index in [9.17, 15) is 19.5 Å². The third kappa shape index (κ3) is 16.1. The van der Waals surface area contributed by atoms with Gasteiger partial charge in [-0.2, -0.15) is 0 Å². The maximum absolute atomic E-state index is 13.4. The van der Waals surface area contributed by atoms with Crippen molar-refractivity contribution in [2.45, 2.75) is 111 Å². The van der Waals surface area contributed by atoms with Crippen LogP contribution in [0.4, 0.5) is 4.79 Å². The topological polar surface area (TPSA) is 136 Å². The van der Waals surface area contributed by atoms with E-state index in [2.05, 4.69) is 24.5 Å². The maximum atomic E-state index is 13.4. The van der Waals surface area contributed by atoms with E-state index < -0.39 is 29.8 Å². The number of methoxy groups -OCH3 is 2. The van der Waals surface area contributed by atoms with Crippen LogP contribution >= 0.6 is 0 Å². The number of nitrogens with one attached hydrogen (secondary N) is 2. The van der Waals surface area contributed by atoms with Crippen molar-refractivity contribution in [1.82, 2.24) is 15.5 Å². The zero-order valence-electron chi connectivity index (χ0n) is 31.0. The van der Waals surface area contributed by atoms with Gasteiger partial charge in [0.05, 0.1) is 25.9 Å². The summed E-state index contributed by atoms with van der Waals surface area (Å²) >= 11 is 0. The van der Waals surface area contributed by atoms with Gasteiger partial charge in [-0.25, -0.2) is 4.79 Å². The summed E-state index contributed by atoms with van der Waals surface area (Å²) in [6.45, 7) is 16.3. The van der Waals surface area contributed by atoms with Crippen molar-refractivity contribution in [3.05, 3.63) is 23.8 Å². The number of aliphatic hydroxyl groups is 1. The molecule has 0 aliphatic heterocycles. The summed E-state index contributed by atoms with van der Waals surface area (Å²) in [7, 11) is 6.62. The fourth-order valence-corrected chi connectivity index (χ4v) is 5.29. The van der Waals surface area contributed by atoms with Crippen LogP contribution in [0.1, 0.15) is 86.6 Å². The van der Waals surface area contributed by atoms with Gasteiger partial charge in [0.1, 0.15) is 5.60 Å². The molecule has 3 N–H and O–H groups in total. The summed E-state index contributed by atoms with van der Waals surface area (Å²) in [5.74, 6) is 0.616. The quantitative estimate of drug-likeness (QED) is 0.162. The van der Waals surface area contributed by atoms with Gasteiger partial charge in [0, 0.05) is 52.6 Å². The second-order valence-electron chi connectivity index (χ2n) is 14.4. The molecule has 270 valence electrons. The molecule has 0 aliphatic carbocycles. The van der Waals surface area contributed by atoms with Gasteiger partial charge in [-0.15, -0.1) is 0 Å². The molecule has 0 saturated heterocycles. The highest BCUT2D eigenvalue weighted by Gasteiger charge is 2.34. The van der Waals surface area contributed by atoms with Crippen molar-refractivity contribution < 1.29 is 38.4 Å². The molecule has 0 aliphatic rings. The van der Waals surface area contributed by atoms with Crippen molar-refractivity contribution >= 4 is 17.9 Å². The molecule has 0 fully saturated rings. The highest BCUT2D eigenvalue weighted by molar-refractivity contribution is 5.81. The van der Waals surface area contributed by atoms with E-state index >= 15 is 0 Å². The zero-order valence-corrected chi connectivity index (χ0v) is 31.0. The average Bonchev–Trinajstić information content (AvgIpc) is 2.95. The Hall–Kier alpha value is -3.05. The number of carbonyl (C=O) groups is 3. The number of carbonyl (C=O) groups excluding carboxylic acids is 3. The van der Waals surface area contributed by atoms with Gasteiger partial charge >= 0.3 is 6.09 Å². The molecular formula is C36H63N3O8. The van der Waals surface area contributed by atoms with Crippen molar-refractivity contribution in [3.63, 3.8) is 0 Å². The van der Waals surface area contributed by atoms with Crippen LogP contribution in [0.2, 0.25) is 0 Å². The summed E-state index contributed by atoms with van der Waals surface area (Å²) in [5, 5.41) is 17.5. The van der Waals surface area contributed by atoms with Crippen molar-refractivity contribution in [2.75, 3.05) is 41.5 Å². The van der Waals surface area contributed by atoms with Gasteiger partial charge in [0.15, 0.2) is 11.5 Å². The number of ether oxygens (including phenoxy) is 4. The zero-order chi connectivity index (χ0) is 35.9. The first kappa shape index (κ1) is 42.0. The first-order valence-electron chi connectivity index (χ1n) is 16.8. The molecule has 0 heterocycles. The summed E-state index contributed by atoms with van der Waals surface area (Å²) < 4.78 is 22.2. The molecular weight excluding hydrogens is 602 g/mol. The van der Waals surface area contributed by atoms with E-state index in [-0.39, 0.29) is 48.5 Å². The number of hydrogen-bond donors (Lipinski definition) is 3. The third-order valence-corrected chi connectivity index (χ3v) is 8.15. The molecule has 3 amide bonds. The second-order valence-corrected chi connectivity index (χ2v) is 14.4. The Morgan fingerprint density at radius 1 is 0.915 bits per heavy atom. The Labute approximate surface area is 283 Å². The van der Waals surface area contributed by atoms with Crippen molar-refractivity contribution in [3.8, 4) is 11.5 Å². The van der Waals surface area contributed by atoms with E-state index in [1.54, 1.807) is 56.0 Å². The summed E-state index contributed by atoms with van der Waals surface area (Å²) in [6, 6.07) is 4.83. The van der Waals surface area contributed by atoms with Gasteiger partial charge in [-0.05, 0) is 82.4 Å². The first-order valence-corrected chi connectivity index (χ1v) is 16.8. The molecule has 1 aromatic rings. The van der Waals surface area contributed by atoms with Crippen LogP contribution in [-0.2, 0) is 25.5 Å². The standard InChI is InChI=1S/C36H63N3O8/c1-23(2)27(19-26-14-15-31(45-12)32(20-26)46-17-13-16-44-11)21-29(38-35(43)47-36(6,7)8)30(40)22-28(24(3)4)34(42)37-25(5)18-33(41)39(9)10/h14-15,20,23-25,27-30,40H,13,16-19,21-22H2,1-12H3,(H,37,42)(H,38,43)/t25?,27-,28-,29-,30-/m0/s1. The van der Waals surface area contributed by atoms with Gasteiger partial charge in [0.2, 0.25) is 11.8 Å². The Balaban J connectivity index is 3.25. The van der Waals surface area contributed by atoms with E-state index in [0.29, 0.717) is 37.6 Å². The second kappa shape index (κ2) is 20.3. The highest BCUT2D eigenvalue weighted by atomic mass is 16.6. The maximum Gasteiger partial charge on any atom is 0.407 e. The van der Waals surface area contributed by atoms with Crippen LogP contribution < -0.4 is 20.1 Å². The van der Waals surface area contributed by atoms with Gasteiger partial charge < -0.3 is 39.6 Å².